The van der Waals surface area contributed by atoms with E-state index in [1.807, 2.05) is 0 Å². The van der Waals surface area contributed by atoms with Gasteiger partial charge in [-0.2, -0.15) is 0 Å². The molecule has 0 aromatic rings. The van der Waals surface area contributed by atoms with Crippen molar-refractivity contribution in [2.45, 2.75) is 0 Å². The molecule has 0 aromatic carbocycles. The minimum absolute atomic E-state index is 0.460. The van der Waals surface area contributed by atoms with Gasteiger partial charge >= 0.3 is 0 Å². The number of rotatable bonds is 2. The van der Waals surface area contributed by atoms with E-state index in [2.05, 4.69) is 18.3 Å². The number of nitrogens with zero attached hydrogens (tertiary/aromatic N) is 1. The van der Waals surface area contributed by atoms with Crippen molar-refractivity contribution >= 4 is 18.3 Å². The smallest absolute Gasteiger partial charge is 0.0733 e. The van der Waals surface area contributed by atoms with Crippen LogP contribution in [0.25, 0.3) is 0 Å². The average molecular weight is 104 g/mol. The molecule has 0 aliphatic heterocycles. The zero-order valence-corrected chi connectivity index (χ0v) is 4.20. The van der Waals surface area contributed by atoms with Gasteiger partial charge in [0.2, 0.25) is 0 Å². The molecular formula is C4H6ClN. The van der Waals surface area contributed by atoms with Crippen LogP contribution in [-0.4, -0.2) is 13.3 Å². The van der Waals surface area contributed by atoms with E-state index in [4.69, 9.17) is 11.6 Å². The van der Waals surface area contributed by atoms with Gasteiger partial charge in [-0.25, -0.2) is 0 Å². The van der Waals surface area contributed by atoms with Gasteiger partial charge in [0.1, 0.15) is 0 Å². The summed E-state index contributed by atoms with van der Waals surface area (Å²) in [6, 6.07) is 0. The lowest BCUT2D eigenvalue weighted by atomic mass is 10.6. The van der Waals surface area contributed by atoms with Crippen molar-refractivity contribution in [1.82, 2.24) is 0 Å². The maximum absolute atomic E-state index is 5.25. The molecule has 0 N–H and O–H groups in total. The molecule has 0 rings (SSSR count). The quantitative estimate of drug-likeness (QED) is 0.469. The third kappa shape index (κ3) is 3.70. The number of halogens is 1. The molecule has 0 unspecified atom stereocenters. The van der Waals surface area contributed by atoms with Gasteiger partial charge in [0.15, 0.2) is 0 Å². The lowest BCUT2D eigenvalue weighted by molar-refractivity contribution is 1.25. The number of hydrogen-bond acceptors (Lipinski definition) is 1. The van der Waals surface area contributed by atoms with Gasteiger partial charge in [0.05, 0.1) is 6.54 Å². The Bertz CT molecular complexity index is 67.9. The van der Waals surface area contributed by atoms with Crippen molar-refractivity contribution in [2.24, 2.45) is 4.99 Å². The van der Waals surface area contributed by atoms with Crippen LogP contribution in [0.5, 0.6) is 0 Å². The van der Waals surface area contributed by atoms with E-state index < -0.39 is 0 Å². The number of hydrogen-bond donors (Lipinski definition) is 0. The summed E-state index contributed by atoms with van der Waals surface area (Å²) < 4.78 is 0. The van der Waals surface area contributed by atoms with Crippen LogP contribution in [0.1, 0.15) is 0 Å². The predicted molar refractivity (Wildman–Crippen MR) is 29.4 cm³/mol. The van der Waals surface area contributed by atoms with Gasteiger partial charge in [-0.05, 0) is 6.72 Å². The topological polar surface area (TPSA) is 12.4 Å². The Morgan fingerprint density at radius 3 is 2.33 bits per heavy atom. The fraction of sp³-hybridized carbons (Fsp3) is 0.250. The molecule has 6 heavy (non-hydrogen) atoms. The van der Waals surface area contributed by atoms with Gasteiger partial charge in [-0.15, -0.1) is 0 Å². The largest absolute Gasteiger partial charge is 0.295 e. The highest BCUT2D eigenvalue weighted by molar-refractivity contribution is 6.29. The first kappa shape index (κ1) is 5.70. The summed E-state index contributed by atoms with van der Waals surface area (Å²) in [6.07, 6.45) is 0. The predicted octanol–water partition coefficient (Wildman–Crippen LogP) is 1.44. The van der Waals surface area contributed by atoms with Gasteiger partial charge in [0, 0.05) is 5.03 Å². The molecule has 0 bridgehead atoms. The molecule has 0 aromatic heterocycles. The molecule has 0 amide bonds. The van der Waals surface area contributed by atoms with Crippen LogP contribution in [-0.2, 0) is 0 Å². The lowest BCUT2D eigenvalue weighted by Crippen LogP contribution is -1.70. The van der Waals surface area contributed by atoms with Crippen molar-refractivity contribution < 1.29 is 0 Å². The molecule has 34 valence electrons. The van der Waals surface area contributed by atoms with E-state index >= 15 is 0 Å². The maximum Gasteiger partial charge on any atom is 0.0733 e. The highest BCUT2D eigenvalue weighted by Crippen LogP contribution is 1.93. The molecule has 0 atom stereocenters. The Morgan fingerprint density at radius 1 is 1.83 bits per heavy atom. The fourth-order valence-electron chi connectivity index (χ4n) is 0.121. The van der Waals surface area contributed by atoms with Gasteiger partial charge in [-0.3, -0.25) is 4.99 Å². The molecule has 1 nitrogen and oxygen atoms in total. The lowest BCUT2D eigenvalue weighted by Gasteiger charge is -1.80. The van der Waals surface area contributed by atoms with Crippen molar-refractivity contribution in [3.05, 3.63) is 11.6 Å². The van der Waals surface area contributed by atoms with Crippen LogP contribution in [0, 0.1) is 0 Å². The Kier molecular flexibility index (Phi) is 2.77. The third-order valence-corrected chi connectivity index (χ3v) is 0.403. The van der Waals surface area contributed by atoms with Crippen LogP contribution < -0.4 is 0 Å². The average Bonchev–Trinajstić information content (AvgIpc) is 1.35. The minimum atomic E-state index is 0.460. The molecule has 0 heterocycles. The van der Waals surface area contributed by atoms with E-state index in [9.17, 15) is 0 Å². The molecular weight excluding hydrogens is 97.5 g/mol. The minimum Gasteiger partial charge on any atom is -0.295 e. The van der Waals surface area contributed by atoms with Crippen molar-refractivity contribution in [3.63, 3.8) is 0 Å². The van der Waals surface area contributed by atoms with Crippen LogP contribution >= 0.6 is 11.6 Å². The van der Waals surface area contributed by atoms with E-state index in [0.717, 1.165) is 0 Å². The van der Waals surface area contributed by atoms with Crippen LogP contribution in [0.2, 0.25) is 0 Å². The van der Waals surface area contributed by atoms with Crippen LogP contribution in [0.4, 0.5) is 0 Å². The standard InChI is InChI=1S/C4H6ClN/c1-4(5)3-6-2/h1-3H2. The summed E-state index contributed by atoms with van der Waals surface area (Å²) in [4.78, 5) is 3.45. The van der Waals surface area contributed by atoms with Gasteiger partial charge < -0.3 is 0 Å². The van der Waals surface area contributed by atoms with Crippen LogP contribution in [0.15, 0.2) is 16.6 Å². The molecule has 0 aliphatic rings. The first-order chi connectivity index (χ1) is 2.77. The highest BCUT2D eigenvalue weighted by Gasteiger charge is 1.75. The SMILES string of the molecule is C=NCC(=C)Cl. The first-order valence-corrected chi connectivity index (χ1v) is 1.91. The summed E-state index contributed by atoms with van der Waals surface area (Å²) in [5.74, 6) is 0. The molecule has 0 spiro atoms. The fourth-order valence-corrected chi connectivity index (χ4v) is 0.206. The summed E-state index contributed by atoms with van der Waals surface area (Å²) in [5, 5.41) is 0.532. The molecule has 0 fully saturated rings. The Balaban J connectivity index is 3.05. The van der Waals surface area contributed by atoms with Gasteiger partial charge in [0.25, 0.3) is 0 Å². The monoisotopic (exact) mass is 103 g/mol. The van der Waals surface area contributed by atoms with Gasteiger partial charge in [-0.1, -0.05) is 18.2 Å². The second-order valence-corrected chi connectivity index (χ2v) is 1.43. The first-order valence-electron chi connectivity index (χ1n) is 1.53. The van der Waals surface area contributed by atoms with E-state index in [-0.39, 0.29) is 0 Å². The zero-order chi connectivity index (χ0) is 4.99. The van der Waals surface area contributed by atoms with Crippen molar-refractivity contribution in [2.75, 3.05) is 6.54 Å². The number of aliphatic imine (C=N–C) groups is 1. The van der Waals surface area contributed by atoms with E-state index in [1.54, 1.807) is 0 Å². The van der Waals surface area contributed by atoms with Crippen LogP contribution in [0.3, 0.4) is 0 Å². The molecule has 0 aliphatic carbocycles. The zero-order valence-electron chi connectivity index (χ0n) is 3.45. The molecule has 2 heteroatoms. The normalized spacial score (nSPS) is 7.50. The molecule has 0 radical (unpaired) electrons. The second kappa shape index (κ2) is 2.91. The van der Waals surface area contributed by atoms with E-state index in [0.29, 0.717) is 11.6 Å². The Morgan fingerprint density at radius 2 is 2.33 bits per heavy atom. The summed E-state index contributed by atoms with van der Waals surface area (Å²) in [7, 11) is 0. The summed E-state index contributed by atoms with van der Waals surface area (Å²) >= 11 is 5.25. The molecule has 0 saturated heterocycles. The van der Waals surface area contributed by atoms with Crippen molar-refractivity contribution in [3.8, 4) is 0 Å². The second-order valence-electron chi connectivity index (χ2n) is 0.899. The summed E-state index contributed by atoms with van der Waals surface area (Å²) in [5.41, 5.74) is 0. The van der Waals surface area contributed by atoms with Crippen molar-refractivity contribution in [1.29, 1.82) is 0 Å². The maximum atomic E-state index is 5.25. The highest BCUT2D eigenvalue weighted by atomic mass is 35.5. The molecule has 0 saturated carbocycles. The Labute approximate surface area is 42.3 Å². The third-order valence-electron chi connectivity index (χ3n) is 0.283. The van der Waals surface area contributed by atoms with E-state index in [1.165, 1.54) is 0 Å². The summed E-state index contributed by atoms with van der Waals surface area (Å²) in [6.45, 7) is 7.04. The Hall–Kier alpha value is -0.300.